The van der Waals surface area contributed by atoms with Crippen LogP contribution in [0.2, 0.25) is 0 Å². The van der Waals surface area contributed by atoms with Crippen LogP contribution in [0.3, 0.4) is 0 Å². The third-order valence-corrected chi connectivity index (χ3v) is 9.84. The third kappa shape index (κ3) is 7.43. The number of aliphatic hydroxyl groups excluding tert-OH is 1. The molecular weight excluding hydrogens is 626 g/mol. The van der Waals surface area contributed by atoms with Gasteiger partial charge in [-0.25, -0.2) is 0 Å². The fourth-order valence-electron chi connectivity index (χ4n) is 7.55. The molecule has 1 spiro atoms. The van der Waals surface area contributed by atoms with Crippen molar-refractivity contribution in [2.24, 2.45) is 11.8 Å². The van der Waals surface area contributed by atoms with Crippen LogP contribution < -0.4 is 15.0 Å². The molecule has 2 bridgehead atoms. The molecule has 3 fully saturated rings. The van der Waals surface area contributed by atoms with E-state index in [1.807, 2.05) is 30.3 Å². The van der Waals surface area contributed by atoms with Crippen LogP contribution in [0.5, 0.6) is 5.75 Å². The van der Waals surface area contributed by atoms with Gasteiger partial charge in [-0.15, -0.1) is 13.2 Å². The van der Waals surface area contributed by atoms with Crippen molar-refractivity contribution in [2.45, 2.75) is 68.7 Å². The molecule has 3 amide bonds. The Bertz CT molecular complexity index is 1500. The Balaban J connectivity index is 1.44. The fourth-order valence-corrected chi connectivity index (χ4v) is 7.55. The van der Waals surface area contributed by atoms with Crippen LogP contribution in [-0.2, 0) is 28.7 Å². The summed E-state index contributed by atoms with van der Waals surface area (Å²) in [6.45, 7) is 7.96. The number of nitrogens with zero attached hydrogens (tertiary/aromatic N) is 2. The number of esters is 1. The summed E-state index contributed by atoms with van der Waals surface area (Å²) >= 11 is 0. The molecule has 49 heavy (non-hydrogen) atoms. The van der Waals surface area contributed by atoms with Crippen LogP contribution in [-0.4, -0.2) is 84.9 Å². The summed E-state index contributed by atoms with van der Waals surface area (Å²) in [5.41, 5.74) is 0.179. The van der Waals surface area contributed by atoms with E-state index >= 15 is 0 Å². The smallest absolute Gasteiger partial charge is 0.306 e. The zero-order valence-corrected chi connectivity index (χ0v) is 28.1. The summed E-state index contributed by atoms with van der Waals surface area (Å²) in [5.74, 6) is -2.44. The third-order valence-electron chi connectivity index (χ3n) is 9.84. The van der Waals surface area contributed by atoms with Crippen molar-refractivity contribution in [1.82, 2.24) is 10.2 Å². The first-order valence-electron chi connectivity index (χ1n) is 17.1. The highest BCUT2D eigenvalue weighted by molar-refractivity contribution is 6.05. The van der Waals surface area contributed by atoms with Crippen molar-refractivity contribution in [1.29, 1.82) is 0 Å². The molecule has 0 saturated carbocycles. The Hall–Kier alpha value is -4.48. The van der Waals surface area contributed by atoms with E-state index in [2.05, 4.69) is 18.5 Å². The van der Waals surface area contributed by atoms with Crippen molar-refractivity contribution in [3.63, 3.8) is 0 Å². The molecule has 2 aromatic rings. The number of rotatable bonds is 18. The molecule has 11 heteroatoms. The molecule has 0 aromatic heterocycles. The maximum Gasteiger partial charge on any atom is 0.306 e. The zero-order chi connectivity index (χ0) is 35.0. The fraction of sp³-hybridized carbons (Fsp3) is 0.474. The molecular formula is C38H47N3O8. The maximum absolute atomic E-state index is 14.7. The second-order valence-corrected chi connectivity index (χ2v) is 12.8. The number of likely N-dealkylation sites (tertiary alicyclic amines) is 1. The van der Waals surface area contributed by atoms with E-state index in [9.17, 15) is 24.3 Å². The second kappa shape index (κ2) is 16.3. The number of carbonyl (C=O) groups excluding carboxylic acids is 4. The molecule has 0 unspecified atom stereocenters. The van der Waals surface area contributed by atoms with Gasteiger partial charge in [0, 0.05) is 31.8 Å². The van der Waals surface area contributed by atoms with E-state index in [1.165, 1.54) is 0 Å². The van der Waals surface area contributed by atoms with Gasteiger partial charge in [0.2, 0.25) is 11.8 Å². The minimum atomic E-state index is -1.19. The highest BCUT2D eigenvalue weighted by atomic mass is 16.5. The van der Waals surface area contributed by atoms with Gasteiger partial charge < -0.3 is 34.4 Å². The molecule has 0 radical (unpaired) electrons. The van der Waals surface area contributed by atoms with Crippen molar-refractivity contribution in [3.05, 3.63) is 85.5 Å². The Kier molecular flexibility index (Phi) is 11.9. The van der Waals surface area contributed by atoms with Crippen molar-refractivity contribution in [3.8, 4) is 5.75 Å². The monoisotopic (exact) mass is 673 g/mol. The standard InChI is InChI=1S/C38H47N3O8/c1-4-6-15-31(43)48-25-29(26-13-9-7-10-14-26)39-35(44)32-30-20-21-38(49-30)33(32)36(45)41(23-11-8-12-24-42)34(38)37(46)40(22-5-2)27-16-18-28(47-3)19-17-27/h4-5,7,9-10,13-14,16-19,29-30,32-34,42H,1-2,6,8,11-12,15,20-25H2,3H3,(H,39,44)/t29-,30-,32+,33+,34-,38+/m0/s1. The number of carbonyl (C=O) groups is 4. The largest absolute Gasteiger partial charge is 0.497 e. The number of unbranched alkanes of at least 4 members (excludes halogenated alkanes) is 2. The van der Waals surface area contributed by atoms with E-state index < -0.39 is 41.6 Å². The highest BCUT2D eigenvalue weighted by Gasteiger charge is 2.74. The molecule has 11 nitrogen and oxygen atoms in total. The van der Waals surface area contributed by atoms with Gasteiger partial charge in [0.05, 0.1) is 31.1 Å². The van der Waals surface area contributed by atoms with Crippen LogP contribution >= 0.6 is 0 Å². The van der Waals surface area contributed by atoms with E-state index in [-0.39, 0.29) is 50.4 Å². The maximum atomic E-state index is 14.7. The van der Waals surface area contributed by atoms with Gasteiger partial charge in [0.25, 0.3) is 5.91 Å². The van der Waals surface area contributed by atoms with Crippen LogP contribution in [0.1, 0.15) is 56.6 Å². The number of hydrogen-bond donors (Lipinski definition) is 2. The van der Waals surface area contributed by atoms with E-state index in [1.54, 1.807) is 53.3 Å². The van der Waals surface area contributed by atoms with Gasteiger partial charge in [-0.1, -0.05) is 42.5 Å². The summed E-state index contributed by atoms with van der Waals surface area (Å²) in [7, 11) is 1.57. The Morgan fingerprint density at radius 3 is 2.53 bits per heavy atom. The van der Waals surface area contributed by atoms with Gasteiger partial charge in [-0.2, -0.15) is 0 Å². The lowest BCUT2D eigenvalue weighted by molar-refractivity contribution is -0.146. The van der Waals surface area contributed by atoms with E-state index in [4.69, 9.17) is 14.2 Å². The second-order valence-electron chi connectivity index (χ2n) is 12.8. The van der Waals surface area contributed by atoms with Gasteiger partial charge in [0.15, 0.2) is 0 Å². The highest BCUT2D eigenvalue weighted by Crippen LogP contribution is 2.58. The number of nitrogens with one attached hydrogen (secondary N) is 1. The first kappa shape index (κ1) is 35.8. The van der Waals surface area contributed by atoms with E-state index in [0.717, 1.165) is 5.56 Å². The van der Waals surface area contributed by atoms with Gasteiger partial charge >= 0.3 is 5.97 Å². The number of fused-ring (bicyclic) bond motifs is 1. The lowest BCUT2D eigenvalue weighted by atomic mass is 9.70. The van der Waals surface area contributed by atoms with Gasteiger partial charge in [-0.05, 0) is 68.4 Å². The number of aliphatic hydroxyl groups is 1. The van der Waals surface area contributed by atoms with Crippen molar-refractivity contribution in [2.75, 3.05) is 38.3 Å². The van der Waals surface area contributed by atoms with Crippen LogP contribution in [0, 0.1) is 11.8 Å². The predicted octanol–water partition coefficient (Wildman–Crippen LogP) is 4.12. The molecule has 5 rings (SSSR count). The van der Waals surface area contributed by atoms with Crippen LogP contribution in [0.15, 0.2) is 79.9 Å². The zero-order valence-electron chi connectivity index (χ0n) is 28.1. The first-order chi connectivity index (χ1) is 23.8. The molecule has 2 N–H and O–H groups in total. The Morgan fingerprint density at radius 2 is 1.86 bits per heavy atom. The number of ether oxygens (including phenoxy) is 3. The Morgan fingerprint density at radius 1 is 1.10 bits per heavy atom. The number of anilines is 1. The number of hydrogen-bond acceptors (Lipinski definition) is 8. The summed E-state index contributed by atoms with van der Waals surface area (Å²) in [4.78, 5) is 59.0. The van der Waals surface area contributed by atoms with Crippen molar-refractivity contribution < 1.29 is 38.5 Å². The van der Waals surface area contributed by atoms with E-state index in [0.29, 0.717) is 50.0 Å². The lowest BCUT2D eigenvalue weighted by Gasteiger charge is -2.37. The number of methoxy groups -OCH3 is 1. The SMILES string of the molecule is C=CCCC(=O)OC[C@H](NC(=O)[C@@H]1[C@@H]2CC[C@]3(O2)[C@H](C(=O)N(CC=C)c2ccc(OC)cc2)N(CCCCCO)C(=O)[C@@H]13)c1ccccc1. The molecule has 3 heterocycles. The topological polar surface area (TPSA) is 135 Å². The molecule has 262 valence electrons. The Labute approximate surface area is 287 Å². The molecule has 2 aromatic carbocycles. The minimum Gasteiger partial charge on any atom is -0.497 e. The molecule has 6 atom stereocenters. The predicted molar refractivity (Wildman–Crippen MR) is 184 cm³/mol. The number of benzene rings is 2. The summed E-state index contributed by atoms with van der Waals surface area (Å²) in [6.07, 6.45) is 6.18. The lowest BCUT2D eigenvalue weighted by Crippen LogP contribution is -2.56. The molecule has 3 saturated heterocycles. The average molecular weight is 674 g/mol. The molecule has 3 aliphatic heterocycles. The average Bonchev–Trinajstić information content (AvgIpc) is 3.77. The molecule has 0 aliphatic carbocycles. The summed E-state index contributed by atoms with van der Waals surface area (Å²) in [5, 5.41) is 12.4. The summed E-state index contributed by atoms with van der Waals surface area (Å²) < 4.78 is 17.5. The number of allylic oxidation sites excluding steroid dienone is 1. The van der Waals surface area contributed by atoms with Crippen molar-refractivity contribution >= 4 is 29.4 Å². The normalized spacial score (nSPS) is 24.2. The first-order valence-corrected chi connectivity index (χ1v) is 17.1. The summed E-state index contributed by atoms with van der Waals surface area (Å²) in [6, 6.07) is 14.7. The number of amides is 3. The van der Waals surface area contributed by atoms with Crippen LogP contribution in [0.4, 0.5) is 5.69 Å². The van der Waals surface area contributed by atoms with Gasteiger partial charge in [-0.3, -0.25) is 19.2 Å². The molecule has 3 aliphatic rings. The van der Waals surface area contributed by atoms with Crippen LogP contribution in [0.25, 0.3) is 0 Å². The van der Waals surface area contributed by atoms with Gasteiger partial charge in [0.1, 0.15) is 24.0 Å². The quantitative estimate of drug-likeness (QED) is 0.137. The minimum absolute atomic E-state index is 0.0344.